The summed E-state index contributed by atoms with van der Waals surface area (Å²) in [4.78, 5) is 0. The van der Waals surface area contributed by atoms with Gasteiger partial charge in [-0.2, -0.15) is 13.2 Å². The summed E-state index contributed by atoms with van der Waals surface area (Å²) in [7, 11) is -1.28. The lowest BCUT2D eigenvalue weighted by Gasteiger charge is -2.37. The Morgan fingerprint density at radius 3 is 1.05 bits per heavy atom. The average molecular weight is 1100 g/mol. The van der Waals surface area contributed by atoms with Crippen molar-refractivity contribution in [2.75, 3.05) is 0 Å². The first-order valence-corrected chi connectivity index (χ1v) is 37.8. The van der Waals surface area contributed by atoms with Crippen molar-refractivity contribution in [2.24, 2.45) is 28.6 Å². The van der Waals surface area contributed by atoms with Crippen molar-refractivity contribution < 1.29 is 13.2 Å². The highest BCUT2D eigenvalue weighted by molar-refractivity contribution is 6.78. The normalized spacial score (nSPS) is 18.4. The molecule has 0 amide bonds. The van der Waals surface area contributed by atoms with Gasteiger partial charge in [0.2, 0.25) is 0 Å². The van der Waals surface area contributed by atoms with Crippen molar-refractivity contribution in [1.82, 2.24) is 0 Å². The lowest BCUT2D eigenvalue weighted by molar-refractivity contribution is -0.229. The Hall–Kier alpha value is -2.90. The number of halogens is 3. The molecule has 0 N–H and O–H groups in total. The van der Waals surface area contributed by atoms with Crippen LogP contribution in [0.4, 0.5) is 13.2 Å². The Morgan fingerprint density at radius 1 is 0.481 bits per heavy atom. The molecule has 0 aromatic heterocycles. The second-order valence-corrected chi connectivity index (χ2v) is 39.8. The molecule has 4 aromatic carbocycles. The Kier molecular flexibility index (Phi) is 38.3. The van der Waals surface area contributed by atoms with Gasteiger partial charge in [-0.1, -0.05) is 301 Å². The molecular weight excluding hydrogens is 978 g/mol. The second kappa shape index (κ2) is 38.7. The summed E-state index contributed by atoms with van der Waals surface area (Å²) in [6.45, 7) is 53.5. The first-order chi connectivity index (χ1) is 35.5. The molecule has 4 aromatic rings. The molecule has 3 saturated carbocycles. The van der Waals surface area contributed by atoms with Crippen LogP contribution in [0.5, 0.6) is 0 Å². The van der Waals surface area contributed by atoms with Crippen LogP contribution in [-0.2, 0) is 5.41 Å². The van der Waals surface area contributed by atoms with Crippen molar-refractivity contribution in [2.45, 2.75) is 283 Å². The van der Waals surface area contributed by atoms with E-state index in [0.29, 0.717) is 30.1 Å². The van der Waals surface area contributed by atoms with Gasteiger partial charge >= 0.3 is 6.18 Å². The Morgan fingerprint density at radius 2 is 0.818 bits per heavy atom. The van der Waals surface area contributed by atoms with E-state index in [4.69, 9.17) is 0 Å². The largest absolute Gasteiger partial charge is 0.394 e. The Bertz CT molecular complexity index is 1990. The SMILES string of the molecule is CC1CCC(C)(C(F)(F)F)CC1.CC1CCC(C)(C)CC1.CC1CCCCC1.CC[Si](C)(CC)CC.C[Si](C)(C)C.Cc1ccccc1.Cc1ccccc1C.Cc1ccccc1C(C)(C)C.Cc1ccccc1C(C)C. The topological polar surface area (TPSA) is 0 Å². The van der Waals surface area contributed by atoms with Crippen LogP contribution < -0.4 is 0 Å². The van der Waals surface area contributed by atoms with Gasteiger partial charge in [-0.3, -0.25) is 0 Å². The predicted octanol–water partition coefficient (Wildman–Crippen LogP) is 25.4. The molecule has 0 aliphatic heterocycles. The number of hydrogen-bond donors (Lipinski definition) is 0. The van der Waals surface area contributed by atoms with Gasteiger partial charge in [0, 0.05) is 16.1 Å². The van der Waals surface area contributed by atoms with E-state index in [0.717, 1.165) is 24.7 Å². The molecule has 3 fully saturated rings. The molecule has 77 heavy (non-hydrogen) atoms. The van der Waals surface area contributed by atoms with Gasteiger partial charge in [0.1, 0.15) is 0 Å². The van der Waals surface area contributed by atoms with E-state index in [2.05, 4.69) is 235 Å². The molecule has 7 rings (SSSR count). The van der Waals surface area contributed by atoms with Crippen LogP contribution in [-0.4, -0.2) is 22.3 Å². The predicted molar refractivity (Wildman–Crippen MR) is 350 cm³/mol. The van der Waals surface area contributed by atoms with Crippen LogP contribution in [0.15, 0.2) is 103 Å². The minimum Gasteiger partial charge on any atom is -0.171 e. The van der Waals surface area contributed by atoms with Crippen LogP contribution in [0.2, 0.25) is 50.9 Å². The van der Waals surface area contributed by atoms with Crippen LogP contribution >= 0.6 is 0 Å². The summed E-state index contributed by atoms with van der Waals surface area (Å²) in [5.41, 5.74) is 9.29. The van der Waals surface area contributed by atoms with E-state index in [1.807, 2.05) is 25.1 Å². The molecule has 0 spiro atoms. The molecule has 0 nitrogen and oxygen atoms in total. The lowest BCUT2D eigenvalue weighted by atomic mass is 9.72. The zero-order chi connectivity index (χ0) is 59.7. The van der Waals surface area contributed by atoms with Gasteiger partial charge in [0.15, 0.2) is 0 Å². The number of alkyl halides is 3. The number of hydrogen-bond acceptors (Lipinski definition) is 0. The fourth-order valence-corrected chi connectivity index (χ4v) is 10.6. The van der Waals surface area contributed by atoms with Gasteiger partial charge in [0.05, 0.1) is 5.41 Å². The number of benzene rings is 4. The van der Waals surface area contributed by atoms with Crippen molar-refractivity contribution in [3.8, 4) is 0 Å². The monoisotopic (exact) mass is 1100 g/mol. The highest BCUT2D eigenvalue weighted by Gasteiger charge is 2.51. The highest BCUT2D eigenvalue weighted by Crippen LogP contribution is 2.49. The fourth-order valence-electron chi connectivity index (χ4n) is 9.13. The van der Waals surface area contributed by atoms with E-state index in [-0.39, 0.29) is 5.41 Å². The number of aryl methyl sites for hydroxylation is 5. The van der Waals surface area contributed by atoms with E-state index in [1.54, 1.807) is 0 Å². The molecule has 3 aliphatic carbocycles. The average Bonchev–Trinajstić information content (AvgIpc) is 3.35. The summed E-state index contributed by atoms with van der Waals surface area (Å²) in [5, 5.41) is 0. The van der Waals surface area contributed by atoms with E-state index in [1.165, 1.54) is 122 Å². The molecule has 0 bridgehead atoms. The van der Waals surface area contributed by atoms with E-state index < -0.39 is 27.7 Å². The smallest absolute Gasteiger partial charge is 0.171 e. The highest BCUT2D eigenvalue weighted by atomic mass is 28.3. The first-order valence-electron chi connectivity index (χ1n) is 30.7. The third-order valence-electron chi connectivity index (χ3n) is 16.3. The zero-order valence-corrected chi connectivity index (χ0v) is 57.1. The van der Waals surface area contributed by atoms with Gasteiger partial charge in [0.25, 0.3) is 0 Å². The summed E-state index contributed by atoms with van der Waals surface area (Å²) >= 11 is 0. The molecule has 442 valence electrons. The molecular formula is C72H125F3Si2. The molecule has 3 aliphatic rings. The van der Waals surface area contributed by atoms with Crippen LogP contribution in [0.1, 0.15) is 225 Å². The third-order valence-corrected chi connectivity index (χ3v) is 21.4. The standard InChI is InChI=1S/C11H16.C10H14.C9H15F3.C9H18.C8H10.C7H18Si.C7H14.C7H8.C4H12Si/c1-9-7-5-6-8-10(9)11(2,3)4;1-8(2)10-7-5-4-6-9(10)3;1-7-3-5-8(2,6-4-7)9(10,11)12;1-8-4-6-9(2,3)7-5-8;1-7-5-3-4-6-8(7)2;1-5-8(4,6-2)7-3;2*1-7-5-3-2-4-6-7;1-5(2,3)4/h5-8H,1-4H3;4-8H,1-3H3;7H,3-6H2,1-2H3;8H,4-7H2,1-3H3;3-6H,1-2H3;5-7H2,1-4H3;7H,2-6H2,1H3;2-6H,1H3;1-4H3. The molecule has 0 radical (unpaired) electrons. The maximum absolute atomic E-state index is 12.5. The lowest BCUT2D eigenvalue weighted by Crippen LogP contribution is -2.38. The summed E-state index contributed by atoms with van der Waals surface area (Å²) in [6, 6.07) is 40.1. The van der Waals surface area contributed by atoms with Crippen molar-refractivity contribution >= 4 is 16.1 Å². The summed E-state index contributed by atoms with van der Waals surface area (Å²) in [5.74, 6) is 3.16. The maximum atomic E-state index is 12.5. The van der Waals surface area contributed by atoms with Gasteiger partial charge < -0.3 is 0 Å². The van der Waals surface area contributed by atoms with Crippen molar-refractivity contribution in [3.05, 3.63) is 142 Å². The van der Waals surface area contributed by atoms with Crippen molar-refractivity contribution in [3.63, 3.8) is 0 Å². The van der Waals surface area contributed by atoms with Gasteiger partial charge in [-0.25, -0.2) is 0 Å². The van der Waals surface area contributed by atoms with Gasteiger partial charge in [-0.05, 0) is 141 Å². The molecule has 0 unspecified atom stereocenters. The fraction of sp³-hybridized carbons (Fsp3) is 0.667. The maximum Gasteiger partial charge on any atom is 0.394 e. The molecule has 0 atom stereocenters. The molecule has 0 saturated heterocycles. The molecule has 5 heteroatoms. The minimum absolute atomic E-state index is 0.283. The quantitative estimate of drug-likeness (QED) is 0.179. The van der Waals surface area contributed by atoms with Gasteiger partial charge in [-0.15, -0.1) is 0 Å². The van der Waals surface area contributed by atoms with E-state index in [9.17, 15) is 13.2 Å². The Balaban J connectivity index is 0. The van der Waals surface area contributed by atoms with Crippen LogP contribution in [0, 0.1) is 63.2 Å². The minimum atomic E-state index is -4.01. The van der Waals surface area contributed by atoms with Crippen molar-refractivity contribution in [1.29, 1.82) is 0 Å². The molecule has 0 heterocycles. The number of rotatable bonds is 4. The zero-order valence-electron chi connectivity index (χ0n) is 55.1. The van der Waals surface area contributed by atoms with E-state index >= 15 is 0 Å². The third kappa shape index (κ3) is 38.4. The second-order valence-electron chi connectivity index (χ2n) is 28.0. The van der Waals surface area contributed by atoms with Crippen LogP contribution in [0.3, 0.4) is 0 Å². The van der Waals surface area contributed by atoms with Crippen LogP contribution in [0.25, 0.3) is 0 Å². The summed E-state index contributed by atoms with van der Waals surface area (Å²) in [6.07, 6.45) is 11.3. The first kappa shape index (κ1) is 76.2. The Labute approximate surface area is 480 Å². The summed E-state index contributed by atoms with van der Waals surface area (Å²) < 4.78 is 37.4.